The van der Waals surface area contributed by atoms with Gasteiger partial charge in [-0.3, -0.25) is 0 Å². The monoisotopic (exact) mass is 246 g/mol. The Morgan fingerprint density at radius 3 is 2.67 bits per heavy atom. The molecule has 0 aliphatic carbocycles. The van der Waals surface area contributed by atoms with Crippen molar-refractivity contribution in [2.45, 2.75) is 12.2 Å². The number of nitrogens with zero attached hydrogens (tertiary/aromatic N) is 1. The molecule has 0 aliphatic heterocycles. The van der Waals surface area contributed by atoms with E-state index in [0.29, 0.717) is 16.5 Å². The third kappa shape index (κ3) is 2.05. The minimum absolute atomic E-state index is 0.0393. The fourth-order valence-electron chi connectivity index (χ4n) is 1.70. The summed E-state index contributed by atoms with van der Waals surface area (Å²) in [5.74, 6) is -1.08. The normalized spacial score (nSPS) is 14.1. The molecule has 0 radical (unpaired) electrons. The van der Waals surface area contributed by atoms with E-state index in [4.69, 9.17) is 10.4 Å². The van der Waals surface area contributed by atoms with Crippen LogP contribution in [0.5, 0.6) is 0 Å². The van der Waals surface area contributed by atoms with E-state index in [1.807, 2.05) is 0 Å². The highest BCUT2D eigenvalue weighted by Gasteiger charge is 2.18. The number of carboxylic acid groups (broad SMARTS) is 1. The Labute approximate surface area is 102 Å². The summed E-state index contributed by atoms with van der Waals surface area (Å²) in [6, 6.07) is 7.60. The van der Waals surface area contributed by atoms with Crippen LogP contribution in [0.4, 0.5) is 0 Å². The Morgan fingerprint density at radius 2 is 2.06 bits per heavy atom. The van der Waals surface area contributed by atoms with Crippen LogP contribution in [0.1, 0.15) is 22.2 Å². The molecular weight excluding hydrogens is 236 g/mol. The van der Waals surface area contributed by atoms with Gasteiger partial charge < -0.3 is 20.3 Å². The number of rotatable bonds is 3. The van der Waals surface area contributed by atoms with Crippen molar-refractivity contribution in [1.82, 2.24) is 4.98 Å². The van der Waals surface area contributed by atoms with E-state index in [-0.39, 0.29) is 5.69 Å². The van der Waals surface area contributed by atoms with Gasteiger partial charge in [0.15, 0.2) is 6.10 Å². The lowest BCUT2D eigenvalue weighted by atomic mass is 10.0. The number of aromatic nitrogens is 1. The fourth-order valence-corrected chi connectivity index (χ4v) is 1.70. The number of carboxylic acids is 1. The number of aromatic carboxylic acids is 1. The van der Waals surface area contributed by atoms with Crippen LogP contribution in [0.3, 0.4) is 0 Å². The van der Waals surface area contributed by atoms with Crippen LogP contribution >= 0.6 is 0 Å². The van der Waals surface area contributed by atoms with Crippen LogP contribution in [0.25, 0.3) is 10.9 Å². The van der Waals surface area contributed by atoms with Crippen LogP contribution in [-0.4, -0.2) is 32.4 Å². The first-order valence-electron chi connectivity index (χ1n) is 5.14. The maximum atomic E-state index is 10.8. The van der Waals surface area contributed by atoms with Gasteiger partial charge in [0.2, 0.25) is 0 Å². The molecule has 0 aliphatic rings. The fraction of sp³-hybridized carbons (Fsp3) is 0.167. The van der Waals surface area contributed by atoms with Crippen LogP contribution in [0.2, 0.25) is 0 Å². The summed E-state index contributed by atoms with van der Waals surface area (Å²) < 4.78 is 0. The zero-order valence-electron chi connectivity index (χ0n) is 9.16. The second-order valence-electron chi connectivity index (χ2n) is 3.85. The molecule has 0 saturated carbocycles. The number of nitriles is 1. The molecule has 2 rings (SSSR count). The zero-order chi connectivity index (χ0) is 13.3. The van der Waals surface area contributed by atoms with E-state index in [1.54, 1.807) is 6.07 Å². The molecular formula is C12H10N2O4. The molecule has 0 saturated heterocycles. The molecule has 2 aromatic rings. The van der Waals surface area contributed by atoms with Crippen molar-refractivity contribution in [3.8, 4) is 6.07 Å². The minimum Gasteiger partial charge on any atom is -0.477 e. The van der Waals surface area contributed by atoms with Crippen molar-refractivity contribution in [3.63, 3.8) is 0 Å². The molecule has 2 unspecified atom stereocenters. The van der Waals surface area contributed by atoms with Gasteiger partial charge in [-0.1, -0.05) is 6.07 Å². The van der Waals surface area contributed by atoms with Crippen molar-refractivity contribution in [3.05, 3.63) is 35.5 Å². The molecule has 0 spiro atoms. The molecule has 92 valence electrons. The third-order valence-electron chi connectivity index (χ3n) is 2.65. The van der Waals surface area contributed by atoms with Crippen LogP contribution in [-0.2, 0) is 0 Å². The van der Waals surface area contributed by atoms with Gasteiger partial charge >= 0.3 is 5.97 Å². The van der Waals surface area contributed by atoms with Gasteiger partial charge in [0, 0.05) is 10.9 Å². The number of aliphatic hydroxyl groups is 2. The molecule has 0 fully saturated rings. The lowest BCUT2D eigenvalue weighted by Crippen LogP contribution is -2.15. The lowest BCUT2D eigenvalue weighted by molar-refractivity contribution is 0.0529. The lowest BCUT2D eigenvalue weighted by Gasteiger charge is -2.11. The van der Waals surface area contributed by atoms with E-state index >= 15 is 0 Å². The smallest absolute Gasteiger partial charge is 0.352 e. The van der Waals surface area contributed by atoms with E-state index in [1.165, 1.54) is 24.3 Å². The van der Waals surface area contributed by atoms with Gasteiger partial charge in [0.25, 0.3) is 0 Å². The highest BCUT2D eigenvalue weighted by atomic mass is 16.4. The maximum Gasteiger partial charge on any atom is 0.352 e. The highest BCUT2D eigenvalue weighted by molar-refractivity contribution is 5.93. The van der Waals surface area contributed by atoms with Gasteiger partial charge in [0.1, 0.15) is 11.8 Å². The van der Waals surface area contributed by atoms with Gasteiger partial charge in [0.05, 0.1) is 6.07 Å². The first-order chi connectivity index (χ1) is 8.52. The van der Waals surface area contributed by atoms with Gasteiger partial charge in [-0.15, -0.1) is 0 Å². The first kappa shape index (κ1) is 12.1. The number of fused-ring (bicyclic) bond motifs is 1. The van der Waals surface area contributed by atoms with E-state index < -0.39 is 18.2 Å². The topological polar surface area (TPSA) is 117 Å². The Hall–Kier alpha value is -2.36. The number of aromatic amines is 1. The van der Waals surface area contributed by atoms with Crippen LogP contribution in [0.15, 0.2) is 24.3 Å². The van der Waals surface area contributed by atoms with Gasteiger partial charge in [-0.05, 0) is 23.8 Å². The largest absolute Gasteiger partial charge is 0.477 e. The zero-order valence-corrected chi connectivity index (χ0v) is 9.16. The number of benzene rings is 1. The molecule has 1 aromatic heterocycles. The van der Waals surface area contributed by atoms with Crippen molar-refractivity contribution < 1.29 is 20.1 Å². The summed E-state index contributed by atoms with van der Waals surface area (Å²) >= 11 is 0. The van der Waals surface area contributed by atoms with E-state index in [0.717, 1.165) is 0 Å². The van der Waals surface area contributed by atoms with Crippen molar-refractivity contribution >= 4 is 16.9 Å². The summed E-state index contributed by atoms with van der Waals surface area (Å²) in [5.41, 5.74) is 1.000. The van der Waals surface area contributed by atoms with Crippen LogP contribution < -0.4 is 0 Å². The Morgan fingerprint density at radius 1 is 1.33 bits per heavy atom. The van der Waals surface area contributed by atoms with Crippen molar-refractivity contribution in [1.29, 1.82) is 5.26 Å². The Bertz CT molecular complexity index is 641. The number of hydrogen-bond donors (Lipinski definition) is 4. The standard InChI is InChI=1S/C12H10N2O4/c13-5-10(15)11(16)6-1-2-8-7(3-6)4-9(14-8)12(17)18/h1-4,10-11,14-16H,(H,17,18). The van der Waals surface area contributed by atoms with Crippen molar-refractivity contribution in [2.75, 3.05) is 0 Å². The average molecular weight is 246 g/mol. The molecule has 1 aromatic carbocycles. The van der Waals surface area contributed by atoms with Crippen LogP contribution in [0, 0.1) is 11.3 Å². The summed E-state index contributed by atoms with van der Waals surface area (Å²) in [6.45, 7) is 0. The molecule has 18 heavy (non-hydrogen) atoms. The molecule has 0 bridgehead atoms. The van der Waals surface area contributed by atoms with E-state index in [2.05, 4.69) is 4.98 Å². The predicted octanol–water partition coefficient (Wildman–Crippen LogP) is 0.784. The SMILES string of the molecule is N#CC(O)C(O)c1ccc2[nH]c(C(=O)O)cc2c1. The molecule has 1 heterocycles. The molecule has 6 heteroatoms. The summed E-state index contributed by atoms with van der Waals surface area (Å²) in [7, 11) is 0. The number of H-pyrrole nitrogens is 1. The maximum absolute atomic E-state index is 10.8. The Balaban J connectivity index is 2.44. The second kappa shape index (κ2) is 4.49. The second-order valence-corrected chi connectivity index (χ2v) is 3.85. The molecule has 2 atom stereocenters. The molecule has 0 amide bonds. The predicted molar refractivity (Wildman–Crippen MR) is 61.8 cm³/mol. The number of nitrogens with one attached hydrogen (secondary N) is 1. The average Bonchev–Trinajstić information content (AvgIpc) is 2.79. The Kier molecular flexibility index (Phi) is 3.02. The number of hydrogen-bond acceptors (Lipinski definition) is 4. The summed E-state index contributed by atoms with van der Waals surface area (Å²) in [4.78, 5) is 13.5. The quantitative estimate of drug-likeness (QED) is 0.597. The van der Waals surface area contributed by atoms with Gasteiger partial charge in [-0.2, -0.15) is 5.26 Å². The number of carbonyl (C=O) groups is 1. The third-order valence-corrected chi connectivity index (χ3v) is 2.65. The van der Waals surface area contributed by atoms with Crippen molar-refractivity contribution in [2.24, 2.45) is 0 Å². The number of aliphatic hydroxyl groups excluding tert-OH is 2. The minimum atomic E-state index is -1.51. The molecule has 4 N–H and O–H groups in total. The van der Waals surface area contributed by atoms with E-state index in [9.17, 15) is 15.0 Å². The first-order valence-corrected chi connectivity index (χ1v) is 5.14. The highest BCUT2D eigenvalue weighted by Crippen LogP contribution is 2.23. The summed E-state index contributed by atoms with van der Waals surface area (Å²) in [5, 5.41) is 36.8. The molecule has 6 nitrogen and oxygen atoms in total. The summed E-state index contributed by atoms with van der Waals surface area (Å²) in [6.07, 6.45) is -2.83. The van der Waals surface area contributed by atoms with Gasteiger partial charge in [-0.25, -0.2) is 4.79 Å².